The van der Waals surface area contributed by atoms with Crippen molar-refractivity contribution in [2.45, 2.75) is 46.5 Å². The lowest BCUT2D eigenvalue weighted by atomic mass is 9.90. The molecule has 0 radical (unpaired) electrons. The zero-order valence-corrected chi connectivity index (χ0v) is 17.8. The summed E-state index contributed by atoms with van der Waals surface area (Å²) in [5.41, 5.74) is 3.82. The lowest BCUT2D eigenvalue weighted by Gasteiger charge is -2.15. The first-order chi connectivity index (χ1) is 12.5. The number of fused-ring (bicyclic) bond motifs is 1. The molecule has 1 amide bonds. The largest absolute Gasteiger partial charge is 0.490 e. The van der Waals surface area contributed by atoms with E-state index in [-0.39, 0.29) is 17.2 Å². The summed E-state index contributed by atoms with van der Waals surface area (Å²) in [6.45, 7) is 7.29. The minimum Gasteiger partial charge on any atom is -0.490 e. The number of carbonyl (C=O) groups excluding carboxylic acids is 1. The molecule has 2 aliphatic carbocycles. The van der Waals surface area contributed by atoms with Crippen molar-refractivity contribution < 1.29 is 14.3 Å². The van der Waals surface area contributed by atoms with Crippen LogP contribution >= 0.6 is 22.6 Å². The molecule has 0 aromatic heterocycles. The monoisotopic (exact) mass is 470 g/mol. The number of amides is 1. The molecule has 0 saturated heterocycles. The van der Waals surface area contributed by atoms with Gasteiger partial charge in [-0.25, -0.2) is 5.43 Å². The van der Waals surface area contributed by atoms with Crippen LogP contribution in [0.3, 0.4) is 0 Å². The molecule has 3 rings (SSSR count). The number of carbonyl (C=O) groups is 1. The van der Waals surface area contributed by atoms with Crippen LogP contribution in [0.5, 0.6) is 11.5 Å². The van der Waals surface area contributed by atoms with Crippen molar-refractivity contribution in [3.05, 3.63) is 21.3 Å². The van der Waals surface area contributed by atoms with Gasteiger partial charge in [0.1, 0.15) is 0 Å². The Balaban J connectivity index is 1.66. The van der Waals surface area contributed by atoms with Crippen LogP contribution in [0.2, 0.25) is 0 Å². The Hall–Kier alpha value is -1.31. The molecule has 142 valence electrons. The SMILES string of the molecule is CCOc1cc(/C=N\NC(=O)[C@@H]2[C@@H]3CCCC[C@@]23C)cc(I)c1OCC. The van der Waals surface area contributed by atoms with E-state index in [0.29, 0.717) is 24.9 Å². The number of rotatable bonds is 7. The van der Waals surface area contributed by atoms with Gasteiger partial charge in [-0.05, 0) is 78.3 Å². The van der Waals surface area contributed by atoms with E-state index in [1.165, 1.54) is 19.3 Å². The molecule has 2 fully saturated rings. The zero-order valence-electron chi connectivity index (χ0n) is 15.7. The highest BCUT2D eigenvalue weighted by atomic mass is 127. The molecule has 6 heteroatoms. The first-order valence-electron chi connectivity index (χ1n) is 9.43. The summed E-state index contributed by atoms with van der Waals surface area (Å²) in [5.74, 6) is 2.19. The molecular formula is C20H27IN2O3. The second-order valence-electron chi connectivity index (χ2n) is 7.27. The van der Waals surface area contributed by atoms with Gasteiger partial charge in [-0.2, -0.15) is 5.10 Å². The summed E-state index contributed by atoms with van der Waals surface area (Å²) in [7, 11) is 0. The molecule has 2 aliphatic rings. The molecule has 26 heavy (non-hydrogen) atoms. The maximum Gasteiger partial charge on any atom is 0.244 e. The highest BCUT2D eigenvalue weighted by molar-refractivity contribution is 14.1. The highest BCUT2D eigenvalue weighted by Gasteiger charge is 2.64. The first kappa shape index (κ1) is 19.5. The smallest absolute Gasteiger partial charge is 0.244 e. The molecule has 0 bridgehead atoms. The van der Waals surface area contributed by atoms with Crippen LogP contribution in [0.1, 0.15) is 52.0 Å². The van der Waals surface area contributed by atoms with E-state index in [1.54, 1.807) is 6.21 Å². The Morgan fingerprint density at radius 2 is 2.12 bits per heavy atom. The van der Waals surface area contributed by atoms with E-state index in [4.69, 9.17) is 9.47 Å². The first-order valence-corrected chi connectivity index (χ1v) is 10.5. The zero-order chi connectivity index (χ0) is 18.7. The maximum absolute atomic E-state index is 12.5. The Morgan fingerprint density at radius 3 is 2.77 bits per heavy atom. The normalized spacial score (nSPS) is 27.1. The Morgan fingerprint density at radius 1 is 1.35 bits per heavy atom. The predicted molar refractivity (Wildman–Crippen MR) is 111 cm³/mol. The number of nitrogens with zero attached hydrogens (tertiary/aromatic N) is 1. The highest BCUT2D eigenvalue weighted by Crippen LogP contribution is 2.66. The Kier molecular flexibility index (Phi) is 6.10. The third kappa shape index (κ3) is 3.85. The Bertz CT molecular complexity index is 707. The number of hydrogen-bond donors (Lipinski definition) is 1. The number of hydrogen-bond acceptors (Lipinski definition) is 4. The molecular weight excluding hydrogens is 443 g/mol. The van der Waals surface area contributed by atoms with E-state index in [0.717, 1.165) is 21.3 Å². The number of benzene rings is 1. The summed E-state index contributed by atoms with van der Waals surface area (Å²) >= 11 is 2.23. The lowest BCUT2D eigenvalue weighted by Crippen LogP contribution is -2.22. The third-order valence-corrected chi connectivity index (χ3v) is 6.42. The molecule has 1 N–H and O–H groups in total. The molecule has 1 aromatic rings. The van der Waals surface area contributed by atoms with Crippen LogP contribution in [-0.4, -0.2) is 25.3 Å². The van der Waals surface area contributed by atoms with E-state index < -0.39 is 0 Å². The molecule has 5 nitrogen and oxygen atoms in total. The van der Waals surface area contributed by atoms with Crippen LogP contribution in [0.25, 0.3) is 0 Å². The molecule has 2 saturated carbocycles. The van der Waals surface area contributed by atoms with Crippen molar-refractivity contribution in [1.82, 2.24) is 5.43 Å². The van der Waals surface area contributed by atoms with Gasteiger partial charge in [0.25, 0.3) is 0 Å². The van der Waals surface area contributed by atoms with Crippen LogP contribution in [0.15, 0.2) is 17.2 Å². The number of halogens is 1. The molecule has 3 atom stereocenters. The van der Waals surface area contributed by atoms with Gasteiger partial charge < -0.3 is 9.47 Å². The van der Waals surface area contributed by atoms with Crippen molar-refractivity contribution in [1.29, 1.82) is 0 Å². The van der Waals surface area contributed by atoms with Gasteiger partial charge in [0, 0.05) is 5.92 Å². The quantitative estimate of drug-likeness (QED) is 0.366. The maximum atomic E-state index is 12.5. The molecule has 0 unspecified atom stereocenters. The van der Waals surface area contributed by atoms with Crippen LogP contribution in [0, 0.1) is 20.8 Å². The van der Waals surface area contributed by atoms with Crippen molar-refractivity contribution >= 4 is 34.7 Å². The average Bonchev–Trinajstić information content (AvgIpc) is 3.23. The van der Waals surface area contributed by atoms with Crippen LogP contribution < -0.4 is 14.9 Å². The van der Waals surface area contributed by atoms with Gasteiger partial charge in [0.05, 0.1) is 23.0 Å². The molecule has 0 aliphatic heterocycles. The van der Waals surface area contributed by atoms with Crippen molar-refractivity contribution in [3.8, 4) is 11.5 Å². The summed E-state index contributed by atoms with van der Waals surface area (Å²) in [5, 5.41) is 4.19. The second kappa shape index (κ2) is 8.15. The van der Waals surface area contributed by atoms with E-state index in [2.05, 4.69) is 40.0 Å². The average molecular weight is 470 g/mol. The fourth-order valence-corrected chi connectivity index (χ4v) is 5.08. The summed E-state index contributed by atoms with van der Waals surface area (Å²) in [6, 6.07) is 3.87. The number of ether oxygens (including phenoxy) is 2. The topological polar surface area (TPSA) is 59.9 Å². The third-order valence-electron chi connectivity index (χ3n) is 5.62. The van der Waals surface area contributed by atoms with Gasteiger partial charge in [0.15, 0.2) is 11.5 Å². The fourth-order valence-electron chi connectivity index (χ4n) is 4.30. The summed E-state index contributed by atoms with van der Waals surface area (Å²) in [4.78, 5) is 12.5. The predicted octanol–water partition coefficient (Wildman–Crippen LogP) is 4.37. The fraction of sp³-hybridized carbons (Fsp3) is 0.600. The van der Waals surface area contributed by atoms with Crippen molar-refractivity contribution in [2.24, 2.45) is 22.4 Å². The molecule has 0 heterocycles. The number of hydrazone groups is 1. The van der Waals surface area contributed by atoms with E-state index in [9.17, 15) is 4.79 Å². The Labute approximate surface area is 169 Å². The standard InChI is InChI=1S/C20H27IN2O3/c1-4-25-16-11-13(10-15(21)18(16)26-5-2)12-22-23-19(24)17-14-8-6-7-9-20(14,17)3/h10-12,14,17H,4-9H2,1-3H3,(H,23,24)/b22-12-/t14-,17-,20+/m0/s1. The molecule has 0 spiro atoms. The second-order valence-corrected chi connectivity index (χ2v) is 8.43. The van der Waals surface area contributed by atoms with Gasteiger partial charge in [0.2, 0.25) is 5.91 Å². The summed E-state index contributed by atoms with van der Waals surface area (Å²) < 4.78 is 12.3. The van der Waals surface area contributed by atoms with Gasteiger partial charge in [-0.1, -0.05) is 19.8 Å². The van der Waals surface area contributed by atoms with Gasteiger partial charge in [-0.15, -0.1) is 0 Å². The van der Waals surface area contributed by atoms with Gasteiger partial charge in [-0.3, -0.25) is 4.79 Å². The molecule has 1 aromatic carbocycles. The van der Waals surface area contributed by atoms with Gasteiger partial charge >= 0.3 is 0 Å². The van der Waals surface area contributed by atoms with E-state index >= 15 is 0 Å². The summed E-state index contributed by atoms with van der Waals surface area (Å²) in [6.07, 6.45) is 6.50. The minimum atomic E-state index is 0.0568. The van der Waals surface area contributed by atoms with Crippen molar-refractivity contribution in [3.63, 3.8) is 0 Å². The number of nitrogens with one attached hydrogen (secondary N) is 1. The minimum absolute atomic E-state index is 0.0568. The van der Waals surface area contributed by atoms with Crippen LogP contribution in [-0.2, 0) is 4.79 Å². The van der Waals surface area contributed by atoms with E-state index in [1.807, 2.05) is 26.0 Å². The van der Waals surface area contributed by atoms with Crippen LogP contribution in [0.4, 0.5) is 0 Å². The lowest BCUT2D eigenvalue weighted by molar-refractivity contribution is -0.123. The van der Waals surface area contributed by atoms with Crippen molar-refractivity contribution in [2.75, 3.05) is 13.2 Å².